The zero-order chi connectivity index (χ0) is 21.6. The Bertz CT molecular complexity index is 1130. The molecule has 2 aromatic carbocycles. The topological polar surface area (TPSA) is 50.6 Å². The van der Waals surface area contributed by atoms with Crippen molar-refractivity contribution >= 4 is 22.6 Å². The van der Waals surface area contributed by atoms with Crippen LogP contribution in [0.5, 0.6) is 0 Å². The van der Waals surface area contributed by atoms with Crippen molar-refractivity contribution in [3.8, 4) is 0 Å². The summed E-state index contributed by atoms with van der Waals surface area (Å²) in [4.78, 5) is 21.2. The van der Waals surface area contributed by atoms with E-state index < -0.39 is 11.7 Å². The van der Waals surface area contributed by atoms with E-state index in [1.54, 1.807) is 11.0 Å². The molecule has 2 aliphatic heterocycles. The van der Waals surface area contributed by atoms with Crippen molar-refractivity contribution < 1.29 is 22.7 Å². The van der Waals surface area contributed by atoms with Crippen LogP contribution in [0.1, 0.15) is 21.7 Å². The second kappa shape index (κ2) is 7.56. The van der Waals surface area contributed by atoms with Crippen LogP contribution in [0.2, 0.25) is 0 Å². The van der Waals surface area contributed by atoms with Gasteiger partial charge in [-0.05, 0) is 36.4 Å². The lowest BCUT2D eigenvalue weighted by Gasteiger charge is -2.36. The van der Waals surface area contributed by atoms with Crippen molar-refractivity contribution in [1.82, 2.24) is 14.5 Å². The van der Waals surface area contributed by atoms with Gasteiger partial charge in [-0.3, -0.25) is 4.79 Å². The molecule has 1 aromatic heterocycles. The summed E-state index contributed by atoms with van der Waals surface area (Å²) in [5.41, 5.74) is 2.19. The van der Waals surface area contributed by atoms with Crippen LogP contribution in [0.4, 0.5) is 18.9 Å². The molecule has 5 rings (SSSR count). The van der Waals surface area contributed by atoms with Gasteiger partial charge >= 0.3 is 6.18 Å². The minimum atomic E-state index is -4.37. The highest BCUT2D eigenvalue weighted by atomic mass is 19.4. The van der Waals surface area contributed by atoms with Crippen LogP contribution in [0, 0.1) is 0 Å². The number of benzene rings is 2. The third kappa shape index (κ3) is 3.74. The number of carbonyl (C=O) groups excluding carboxylic acids is 1. The van der Waals surface area contributed by atoms with Gasteiger partial charge in [-0.2, -0.15) is 13.2 Å². The van der Waals surface area contributed by atoms with Gasteiger partial charge in [0, 0.05) is 44.0 Å². The van der Waals surface area contributed by atoms with Gasteiger partial charge in [0.15, 0.2) is 0 Å². The number of imidazole rings is 1. The number of rotatable bonds is 2. The van der Waals surface area contributed by atoms with E-state index in [9.17, 15) is 18.0 Å². The molecule has 0 aliphatic carbocycles. The predicted molar refractivity (Wildman–Crippen MR) is 109 cm³/mol. The van der Waals surface area contributed by atoms with Crippen LogP contribution in [-0.4, -0.2) is 53.1 Å². The largest absolute Gasteiger partial charge is 0.416 e. The number of aromatic nitrogens is 2. The maximum atomic E-state index is 13.0. The molecule has 1 fully saturated rings. The summed E-state index contributed by atoms with van der Waals surface area (Å²) in [5, 5.41) is 0. The summed E-state index contributed by atoms with van der Waals surface area (Å²) in [6.45, 7) is 3.71. The van der Waals surface area contributed by atoms with Gasteiger partial charge in [-0.25, -0.2) is 4.98 Å². The molecule has 0 atom stereocenters. The Morgan fingerprint density at radius 2 is 1.81 bits per heavy atom. The van der Waals surface area contributed by atoms with Gasteiger partial charge in [0.05, 0.1) is 23.2 Å². The SMILES string of the molecule is O=C(c1ccc2c(c1)nc1n2CCOC1)N1CCN(c2cccc(C(F)(F)F)c2)CC1. The molecule has 3 aromatic rings. The highest BCUT2D eigenvalue weighted by Gasteiger charge is 2.31. The molecule has 3 heterocycles. The third-order valence-corrected chi connectivity index (χ3v) is 5.87. The van der Waals surface area contributed by atoms with Crippen LogP contribution >= 0.6 is 0 Å². The second-order valence-electron chi connectivity index (χ2n) is 7.76. The fraction of sp³-hybridized carbons (Fsp3) is 0.364. The summed E-state index contributed by atoms with van der Waals surface area (Å²) in [6, 6.07) is 10.9. The van der Waals surface area contributed by atoms with E-state index in [0.717, 1.165) is 35.5 Å². The monoisotopic (exact) mass is 430 g/mol. The Hall–Kier alpha value is -3.07. The van der Waals surface area contributed by atoms with Crippen molar-refractivity contribution in [2.24, 2.45) is 0 Å². The lowest BCUT2D eigenvalue weighted by molar-refractivity contribution is -0.137. The molecule has 31 heavy (non-hydrogen) atoms. The van der Waals surface area contributed by atoms with Crippen LogP contribution < -0.4 is 4.90 Å². The van der Waals surface area contributed by atoms with E-state index in [1.165, 1.54) is 6.07 Å². The van der Waals surface area contributed by atoms with Crippen molar-refractivity contribution in [2.75, 3.05) is 37.7 Å². The Kier molecular flexibility index (Phi) is 4.85. The Morgan fingerprint density at radius 3 is 2.58 bits per heavy atom. The first kappa shape index (κ1) is 19.9. The molecule has 1 amide bonds. The summed E-state index contributed by atoms with van der Waals surface area (Å²) in [5.74, 6) is 0.772. The Morgan fingerprint density at radius 1 is 1.00 bits per heavy atom. The number of piperazine rings is 1. The Labute approximate surface area is 176 Å². The summed E-state index contributed by atoms with van der Waals surface area (Å²) >= 11 is 0. The fourth-order valence-corrected chi connectivity index (χ4v) is 4.22. The lowest BCUT2D eigenvalue weighted by atomic mass is 10.1. The molecular weight excluding hydrogens is 409 g/mol. The lowest BCUT2D eigenvalue weighted by Crippen LogP contribution is -2.48. The predicted octanol–water partition coefficient (Wildman–Crippen LogP) is 3.55. The van der Waals surface area contributed by atoms with Gasteiger partial charge in [-0.15, -0.1) is 0 Å². The standard InChI is InChI=1S/C22H21F3N4O2/c23-22(24,25)16-2-1-3-17(13-16)27-6-8-28(9-7-27)21(30)15-4-5-19-18(12-15)26-20-14-31-11-10-29(19)20/h1-5,12-13H,6-11,14H2. The molecule has 6 nitrogen and oxygen atoms in total. The van der Waals surface area contributed by atoms with Crippen LogP contribution in [0.15, 0.2) is 42.5 Å². The summed E-state index contributed by atoms with van der Waals surface area (Å²) < 4.78 is 46.5. The number of halogens is 3. The average molecular weight is 430 g/mol. The quantitative estimate of drug-likeness (QED) is 0.624. The van der Waals surface area contributed by atoms with E-state index in [4.69, 9.17) is 4.74 Å². The van der Waals surface area contributed by atoms with Gasteiger partial charge in [0.25, 0.3) is 5.91 Å². The van der Waals surface area contributed by atoms with Gasteiger partial charge in [-0.1, -0.05) is 6.07 Å². The fourth-order valence-electron chi connectivity index (χ4n) is 4.22. The van der Waals surface area contributed by atoms with Crippen LogP contribution in [-0.2, 0) is 24.1 Å². The number of amides is 1. The van der Waals surface area contributed by atoms with E-state index in [-0.39, 0.29) is 5.91 Å². The van der Waals surface area contributed by atoms with Gasteiger partial charge in [0.1, 0.15) is 12.4 Å². The van der Waals surface area contributed by atoms with Gasteiger partial charge in [0.2, 0.25) is 0 Å². The normalized spacial score (nSPS) is 17.1. The maximum absolute atomic E-state index is 13.0. The number of ether oxygens (including phenoxy) is 1. The molecule has 162 valence electrons. The highest BCUT2D eigenvalue weighted by Crippen LogP contribution is 2.32. The molecule has 0 spiro atoms. The number of alkyl halides is 3. The molecule has 1 saturated heterocycles. The van der Waals surface area contributed by atoms with E-state index in [1.807, 2.05) is 23.1 Å². The minimum Gasteiger partial charge on any atom is -0.372 e. The molecule has 0 bridgehead atoms. The van der Waals surface area contributed by atoms with Gasteiger partial charge < -0.3 is 19.1 Å². The zero-order valence-electron chi connectivity index (χ0n) is 16.7. The third-order valence-electron chi connectivity index (χ3n) is 5.87. The molecule has 0 saturated carbocycles. The van der Waals surface area contributed by atoms with Crippen molar-refractivity contribution in [3.05, 3.63) is 59.4 Å². The van der Waals surface area contributed by atoms with E-state index >= 15 is 0 Å². The minimum absolute atomic E-state index is 0.0900. The first-order chi connectivity index (χ1) is 14.9. The average Bonchev–Trinajstić information content (AvgIpc) is 3.16. The number of hydrogen-bond donors (Lipinski definition) is 0. The van der Waals surface area contributed by atoms with Crippen molar-refractivity contribution in [1.29, 1.82) is 0 Å². The molecule has 0 N–H and O–H groups in total. The smallest absolute Gasteiger partial charge is 0.372 e. The highest BCUT2D eigenvalue weighted by molar-refractivity contribution is 5.97. The Balaban J connectivity index is 1.29. The number of fused-ring (bicyclic) bond motifs is 3. The molecular formula is C22H21F3N4O2. The summed E-state index contributed by atoms with van der Waals surface area (Å²) in [6.07, 6.45) is -4.37. The zero-order valence-corrected chi connectivity index (χ0v) is 16.7. The number of anilines is 1. The molecule has 0 unspecified atom stereocenters. The van der Waals surface area contributed by atoms with Crippen molar-refractivity contribution in [3.63, 3.8) is 0 Å². The first-order valence-corrected chi connectivity index (χ1v) is 10.2. The molecule has 0 radical (unpaired) electrons. The number of nitrogens with zero attached hydrogens (tertiary/aromatic N) is 4. The maximum Gasteiger partial charge on any atom is 0.416 e. The number of hydrogen-bond acceptors (Lipinski definition) is 4. The first-order valence-electron chi connectivity index (χ1n) is 10.2. The molecule has 9 heteroatoms. The second-order valence-corrected chi connectivity index (χ2v) is 7.76. The van der Waals surface area contributed by atoms with Crippen molar-refractivity contribution in [2.45, 2.75) is 19.3 Å². The summed E-state index contributed by atoms with van der Waals surface area (Å²) in [7, 11) is 0. The number of carbonyl (C=O) groups is 1. The molecule has 2 aliphatic rings. The van der Waals surface area contributed by atoms with E-state index in [2.05, 4.69) is 9.55 Å². The van der Waals surface area contributed by atoms with E-state index in [0.29, 0.717) is 50.6 Å². The van der Waals surface area contributed by atoms with Crippen LogP contribution in [0.3, 0.4) is 0 Å². The van der Waals surface area contributed by atoms with Crippen LogP contribution in [0.25, 0.3) is 11.0 Å².